The van der Waals surface area contributed by atoms with E-state index in [9.17, 15) is 4.79 Å². The van der Waals surface area contributed by atoms with Crippen molar-refractivity contribution >= 4 is 22.9 Å². The Balaban J connectivity index is 2.34. The van der Waals surface area contributed by atoms with Gasteiger partial charge in [-0.05, 0) is 13.0 Å². The predicted molar refractivity (Wildman–Crippen MR) is 66.7 cm³/mol. The van der Waals surface area contributed by atoms with Gasteiger partial charge in [0.2, 0.25) is 11.9 Å². The molecule has 5 nitrogen and oxygen atoms in total. The van der Waals surface area contributed by atoms with Crippen molar-refractivity contribution < 1.29 is 4.79 Å². The van der Waals surface area contributed by atoms with Crippen molar-refractivity contribution in [2.45, 2.75) is 27.7 Å². The number of hydrogen-bond donors (Lipinski definition) is 2. The third-order valence-corrected chi connectivity index (χ3v) is 2.51. The second-order valence-corrected chi connectivity index (χ2v) is 5.08. The van der Waals surface area contributed by atoms with Crippen molar-refractivity contribution in [3.8, 4) is 0 Å². The van der Waals surface area contributed by atoms with Gasteiger partial charge in [0.15, 0.2) is 0 Å². The molecular weight excluding hydrogens is 216 g/mol. The zero-order valence-electron chi connectivity index (χ0n) is 10.5. The molecule has 90 valence electrons. The number of H-pyrrole nitrogens is 1. The molecule has 0 aliphatic heterocycles. The summed E-state index contributed by atoms with van der Waals surface area (Å²) in [4.78, 5) is 23.3. The van der Waals surface area contributed by atoms with Crippen molar-refractivity contribution in [1.82, 2.24) is 15.0 Å². The highest BCUT2D eigenvalue weighted by Crippen LogP contribution is 2.18. The summed E-state index contributed by atoms with van der Waals surface area (Å²) in [6.45, 7) is 7.44. The Hall–Kier alpha value is -1.91. The summed E-state index contributed by atoms with van der Waals surface area (Å²) in [5, 5.41) is 3.69. The summed E-state index contributed by atoms with van der Waals surface area (Å²) in [5.74, 6) is 0.250. The molecule has 0 saturated carbocycles. The molecule has 2 aromatic heterocycles. The molecule has 0 aliphatic rings. The first-order valence-corrected chi connectivity index (χ1v) is 5.51. The minimum absolute atomic E-state index is 0.0946. The zero-order valence-corrected chi connectivity index (χ0v) is 10.5. The molecule has 0 fully saturated rings. The van der Waals surface area contributed by atoms with Gasteiger partial charge >= 0.3 is 0 Å². The molecule has 0 saturated heterocycles. The van der Waals surface area contributed by atoms with Gasteiger partial charge in [0.05, 0.1) is 5.69 Å². The standard InChI is InChI=1S/C12H16N4O/c1-7-8-5-6-13-9(8)15-11(14-7)16-10(17)12(2,3)4/h5-6H,1-4H3,(H2,13,14,15,16,17). The lowest BCUT2D eigenvalue weighted by Crippen LogP contribution is -2.28. The van der Waals surface area contributed by atoms with E-state index in [1.165, 1.54) is 0 Å². The van der Waals surface area contributed by atoms with Crippen LogP contribution in [0.25, 0.3) is 11.0 Å². The molecule has 0 atom stereocenters. The van der Waals surface area contributed by atoms with E-state index in [0.29, 0.717) is 5.95 Å². The Kier molecular flexibility index (Phi) is 2.61. The van der Waals surface area contributed by atoms with Gasteiger partial charge in [-0.1, -0.05) is 20.8 Å². The molecule has 1 amide bonds. The lowest BCUT2D eigenvalue weighted by Gasteiger charge is -2.16. The van der Waals surface area contributed by atoms with Crippen LogP contribution >= 0.6 is 0 Å². The smallest absolute Gasteiger partial charge is 0.232 e. The summed E-state index contributed by atoms with van der Waals surface area (Å²) in [5.41, 5.74) is 1.13. The van der Waals surface area contributed by atoms with E-state index in [2.05, 4.69) is 20.3 Å². The Morgan fingerprint density at radius 1 is 1.35 bits per heavy atom. The highest BCUT2D eigenvalue weighted by molar-refractivity contribution is 5.93. The van der Waals surface area contributed by atoms with Crippen LogP contribution in [0.15, 0.2) is 12.3 Å². The van der Waals surface area contributed by atoms with E-state index < -0.39 is 5.41 Å². The largest absolute Gasteiger partial charge is 0.346 e. The van der Waals surface area contributed by atoms with Crippen molar-refractivity contribution in [2.24, 2.45) is 5.41 Å². The van der Waals surface area contributed by atoms with Gasteiger partial charge < -0.3 is 4.98 Å². The number of fused-ring (bicyclic) bond motifs is 1. The van der Waals surface area contributed by atoms with Gasteiger partial charge in [0, 0.05) is 17.0 Å². The molecule has 2 aromatic rings. The predicted octanol–water partition coefficient (Wildman–Crippen LogP) is 2.25. The van der Waals surface area contributed by atoms with Gasteiger partial charge in [-0.25, -0.2) is 4.98 Å². The number of anilines is 1. The highest BCUT2D eigenvalue weighted by Gasteiger charge is 2.22. The molecule has 0 spiro atoms. The Morgan fingerprint density at radius 3 is 2.71 bits per heavy atom. The zero-order chi connectivity index (χ0) is 12.6. The van der Waals surface area contributed by atoms with Crippen LogP contribution in [0, 0.1) is 12.3 Å². The topological polar surface area (TPSA) is 70.7 Å². The van der Waals surface area contributed by atoms with E-state index in [4.69, 9.17) is 0 Å². The van der Waals surface area contributed by atoms with E-state index >= 15 is 0 Å². The van der Waals surface area contributed by atoms with Crippen LogP contribution in [0.2, 0.25) is 0 Å². The fourth-order valence-corrected chi connectivity index (χ4v) is 1.44. The molecule has 2 N–H and O–H groups in total. The average Bonchev–Trinajstić information content (AvgIpc) is 2.64. The number of amides is 1. The molecule has 2 heterocycles. The van der Waals surface area contributed by atoms with Crippen molar-refractivity contribution in [1.29, 1.82) is 0 Å². The second-order valence-electron chi connectivity index (χ2n) is 5.08. The molecule has 0 radical (unpaired) electrons. The lowest BCUT2D eigenvalue weighted by atomic mass is 9.96. The van der Waals surface area contributed by atoms with Crippen molar-refractivity contribution in [3.63, 3.8) is 0 Å². The van der Waals surface area contributed by atoms with Crippen LogP contribution in [-0.4, -0.2) is 20.9 Å². The summed E-state index contributed by atoms with van der Waals surface area (Å²) in [6, 6.07) is 1.92. The highest BCUT2D eigenvalue weighted by atomic mass is 16.2. The fourth-order valence-electron chi connectivity index (χ4n) is 1.44. The van der Waals surface area contributed by atoms with Crippen LogP contribution in [0.5, 0.6) is 0 Å². The Bertz CT molecular complexity index is 565. The number of aromatic nitrogens is 3. The second kappa shape index (κ2) is 3.84. The van der Waals surface area contributed by atoms with Gasteiger partial charge in [-0.15, -0.1) is 0 Å². The first kappa shape index (κ1) is 11.6. The molecule has 0 unspecified atom stereocenters. The van der Waals surface area contributed by atoms with E-state index in [1.54, 1.807) is 0 Å². The van der Waals surface area contributed by atoms with Crippen LogP contribution in [0.3, 0.4) is 0 Å². The number of aromatic amines is 1. The summed E-state index contributed by atoms with van der Waals surface area (Å²) >= 11 is 0. The third kappa shape index (κ3) is 2.27. The maximum atomic E-state index is 11.8. The van der Waals surface area contributed by atoms with Crippen LogP contribution in [0.1, 0.15) is 26.5 Å². The average molecular weight is 232 g/mol. The number of hydrogen-bond acceptors (Lipinski definition) is 3. The molecule has 0 aliphatic carbocycles. The maximum absolute atomic E-state index is 11.8. The lowest BCUT2D eigenvalue weighted by molar-refractivity contribution is -0.123. The SMILES string of the molecule is Cc1nc(NC(=O)C(C)(C)C)nc2[nH]ccc12. The molecule has 5 heteroatoms. The quantitative estimate of drug-likeness (QED) is 0.792. The fraction of sp³-hybridized carbons (Fsp3) is 0.417. The molecule has 0 aromatic carbocycles. The number of nitrogens with one attached hydrogen (secondary N) is 2. The number of carbonyl (C=O) groups excluding carboxylic acids is 1. The molecule has 0 bridgehead atoms. The number of carbonyl (C=O) groups is 1. The molecule has 2 rings (SSSR count). The van der Waals surface area contributed by atoms with E-state index in [1.807, 2.05) is 40.0 Å². The number of nitrogens with zero attached hydrogens (tertiary/aromatic N) is 2. The molecule has 17 heavy (non-hydrogen) atoms. The van der Waals surface area contributed by atoms with E-state index in [0.717, 1.165) is 16.7 Å². The Labute approximate surface area is 99.7 Å². The van der Waals surface area contributed by atoms with Gasteiger partial charge in [0.25, 0.3) is 0 Å². The molecular formula is C12H16N4O. The number of rotatable bonds is 1. The van der Waals surface area contributed by atoms with Crippen LogP contribution in [0.4, 0.5) is 5.95 Å². The monoisotopic (exact) mass is 232 g/mol. The maximum Gasteiger partial charge on any atom is 0.232 e. The van der Waals surface area contributed by atoms with Crippen molar-refractivity contribution in [2.75, 3.05) is 5.32 Å². The summed E-state index contributed by atoms with van der Waals surface area (Å²) in [7, 11) is 0. The van der Waals surface area contributed by atoms with Crippen molar-refractivity contribution in [3.05, 3.63) is 18.0 Å². The minimum Gasteiger partial charge on any atom is -0.346 e. The van der Waals surface area contributed by atoms with E-state index in [-0.39, 0.29) is 5.91 Å². The van der Waals surface area contributed by atoms with Gasteiger partial charge in [-0.3, -0.25) is 10.1 Å². The summed E-state index contributed by atoms with van der Waals surface area (Å²) in [6.07, 6.45) is 1.81. The van der Waals surface area contributed by atoms with Gasteiger partial charge in [0.1, 0.15) is 5.65 Å². The van der Waals surface area contributed by atoms with Crippen LogP contribution < -0.4 is 5.32 Å². The number of aryl methyl sites for hydroxylation is 1. The minimum atomic E-state index is -0.456. The Morgan fingerprint density at radius 2 is 2.06 bits per heavy atom. The first-order chi connectivity index (χ1) is 7.88. The van der Waals surface area contributed by atoms with Gasteiger partial charge in [-0.2, -0.15) is 4.98 Å². The van der Waals surface area contributed by atoms with Crippen LogP contribution in [-0.2, 0) is 4.79 Å². The normalized spacial score (nSPS) is 11.8. The first-order valence-electron chi connectivity index (χ1n) is 5.51. The summed E-state index contributed by atoms with van der Waals surface area (Å²) < 4.78 is 0. The third-order valence-electron chi connectivity index (χ3n) is 2.51.